The second-order valence-electron chi connectivity index (χ2n) is 29.4. The highest BCUT2D eigenvalue weighted by Gasteiger charge is 2.30. The molecule has 500 valence electrons. The second-order valence-corrected chi connectivity index (χ2v) is 29.4. The predicted molar refractivity (Wildman–Crippen MR) is 453 cm³/mol. The molecule has 0 radical (unpaired) electrons. The molecule has 4 aromatic heterocycles. The van der Waals surface area contributed by atoms with Gasteiger partial charge in [0, 0.05) is 65.7 Å². The molecule has 2 aliphatic carbocycles. The van der Waals surface area contributed by atoms with Crippen LogP contribution in [0.4, 0.5) is 0 Å². The van der Waals surface area contributed by atoms with Gasteiger partial charge in [0.25, 0.3) is 0 Å². The Kier molecular flexibility index (Phi) is 12.5. The normalized spacial score (nSPS) is 14.6. The van der Waals surface area contributed by atoms with Gasteiger partial charge in [0.2, 0.25) is 0 Å². The van der Waals surface area contributed by atoms with Gasteiger partial charge in [-0.3, -0.25) is 0 Å². The van der Waals surface area contributed by atoms with E-state index >= 15 is 0 Å². The summed E-state index contributed by atoms with van der Waals surface area (Å²) in [4.78, 5) is 0. The lowest BCUT2D eigenvalue weighted by atomic mass is 9.74. The van der Waals surface area contributed by atoms with E-state index in [1.54, 1.807) is 0 Å². The first-order valence-electron chi connectivity index (χ1n) is 37.3. The maximum atomic E-state index is 7.03. The van der Waals surface area contributed by atoms with Gasteiger partial charge in [-0.05, 0) is 221 Å². The van der Waals surface area contributed by atoms with Crippen molar-refractivity contribution in [3.63, 3.8) is 0 Å². The molecule has 18 aromatic carbocycles. The number of hydrogen-bond donors (Lipinski definition) is 0. The molecule has 4 heterocycles. The minimum Gasteiger partial charge on any atom is -0.456 e. The van der Waals surface area contributed by atoms with Crippen molar-refractivity contribution in [2.24, 2.45) is 11.8 Å². The molecule has 0 N–H and O–H groups in total. The number of fused-ring (bicyclic) bond motifs is 24. The summed E-state index contributed by atoms with van der Waals surface area (Å²) in [6.07, 6.45) is 16.0. The van der Waals surface area contributed by atoms with Crippen molar-refractivity contribution in [1.29, 1.82) is 0 Å². The van der Waals surface area contributed by atoms with Crippen molar-refractivity contribution in [2.75, 3.05) is 0 Å². The standard InChI is InChI=1S/C104H60O4/c1-2-26-67-59(20-1)21-17-40-72(67)98-78-32-7-3-28-74(78)95(75-29-4-8-33-79(75)98)65-24-16-23-62(55-65)64-47-51-91-87(57-64)102-93(106-91)53-49-82-85(58-94-100(103(82)102)84-36-12-14-43-89(84)107-94)70-39-18-38-69-68(70)37-19-41-73(69)99-80-34-9-5-30-76(80)96(77-31-6-10-35-81(77)99)66-25-15-22-61(54-66)63-46-50-90-86(56-63)101-92(105-90)52-45-60-44-48-83-71-27-11-13-42-88(71)108-104(83)97(60)101/h1-59,67H. The molecule has 4 nitrogen and oxygen atoms in total. The number of hydrogen-bond acceptors (Lipinski definition) is 4. The van der Waals surface area contributed by atoms with E-state index in [0.717, 1.165) is 154 Å². The Morgan fingerprint density at radius 3 is 1.26 bits per heavy atom. The van der Waals surface area contributed by atoms with Gasteiger partial charge in [-0.25, -0.2) is 0 Å². The van der Waals surface area contributed by atoms with E-state index in [9.17, 15) is 0 Å². The van der Waals surface area contributed by atoms with E-state index < -0.39 is 0 Å². The van der Waals surface area contributed by atoms with Gasteiger partial charge in [-0.15, -0.1) is 0 Å². The molecule has 22 aromatic rings. The first-order chi connectivity index (χ1) is 53.6. The Bertz CT molecular complexity index is 7770. The lowest BCUT2D eigenvalue weighted by molar-refractivity contribution is 0.668. The number of para-hydroxylation sites is 2. The van der Waals surface area contributed by atoms with Crippen molar-refractivity contribution in [2.45, 2.75) is 0 Å². The number of allylic oxidation sites excluding steroid dienone is 8. The third-order valence-electron chi connectivity index (χ3n) is 23.8. The van der Waals surface area contributed by atoms with Crippen LogP contribution in [0.5, 0.6) is 0 Å². The van der Waals surface area contributed by atoms with Crippen LogP contribution in [-0.4, -0.2) is 0 Å². The fourth-order valence-corrected chi connectivity index (χ4v) is 19.1. The Balaban J connectivity index is 0.651. The van der Waals surface area contributed by atoms with E-state index in [-0.39, 0.29) is 5.92 Å². The zero-order valence-electron chi connectivity index (χ0n) is 58.3. The first kappa shape index (κ1) is 59.3. The van der Waals surface area contributed by atoms with Crippen molar-refractivity contribution < 1.29 is 17.7 Å². The van der Waals surface area contributed by atoms with Crippen LogP contribution in [0.2, 0.25) is 0 Å². The molecular weight excluding hydrogens is 1310 g/mol. The summed E-state index contributed by atoms with van der Waals surface area (Å²) in [6, 6.07) is 114. The summed E-state index contributed by atoms with van der Waals surface area (Å²) in [5.74, 6) is 0.600. The van der Waals surface area contributed by atoms with E-state index in [2.05, 4.69) is 346 Å². The summed E-state index contributed by atoms with van der Waals surface area (Å²) in [6.45, 7) is 0. The topological polar surface area (TPSA) is 52.6 Å². The number of furan rings is 4. The van der Waals surface area contributed by atoms with Crippen molar-refractivity contribution in [1.82, 2.24) is 0 Å². The molecular formula is C104H60O4. The third kappa shape index (κ3) is 8.57. The van der Waals surface area contributed by atoms with Crippen molar-refractivity contribution in [3.05, 3.63) is 357 Å². The highest BCUT2D eigenvalue weighted by Crippen LogP contribution is 2.53. The Labute approximate surface area is 618 Å². The molecule has 0 fully saturated rings. The van der Waals surface area contributed by atoms with Gasteiger partial charge in [0.05, 0.1) is 0 Å². The van der Waals surface area contributed by atoms with Gasteiger partial charge in [0.1, 0.15) is 44.7 Å². The lowest BCUT2D eigenvalue weighted by Crippen LogP contribution is -2.15. The van der Waals surface area contributed by atoms with Crippen LogP contribution in [0, 0.1) is 11.8 Å². The third-order valence-corrected chi connectivity index (χ3v) is 23.8. The summed E-state index contributed by atoms with van der Waals surface area (Å²) >= 11 is 0. The van der Waals surface area contributed by atoms with Crippen LogP contribution in [-0.2, 0) is 0 Å². The zero-order chi connectivity index (χ0) is 70.4. The summed E-state index contributed by atoms with van der Waals surface area (Å²) in [7, 11) is 0. The smallest absolute Gasteiger partial charge is 0.144 e. The molecule has 2 aliphatic rings. The van der Waals surface area contributed by atoms with Crippen LogP contribution in [0.15, 0.2) is 370 Å². The van der Waals surface area contributed by atoms with Crippen LogP contribution in [0.25, 0.3) is 235 Å². The molecule has 108 heavy (non-hydrogen) atoms. The zero-order valence-corrected chi connectivity index (χ0v) is 58.3. The summed E-state index contributed by atoms with van der Waals surface area (Å²) < 4.78 is 27.3. The molecule has 24 rings (SSSR count). The maximum absolute atomic E-state index is 7.03. The van der Waals surface area contributed by atoms with Gasteiger partial charge in [0.15, 0.2) is 0 Å². The molecule has 0 bridgehead atoms. The minimum absolute atomic E-state index is 0.270. The maximum Gasteiger partial charge on any atom is 0.144 e. The van der Waals surface area contributed by atoms with Crippen molar-refractivity contribution in [3.8, 4) is 66.8 Å². The Morgan fingerprint density at radius 2 is 0.630 bits per heavy atom. The molecule has 0 saturated carbocycles. The van der Waals surface area contributed by atoms with Crippen LogP contribution >= 0.6 is 0 Å². The predicted octanol–water partition coefficient (Wildman–Crippen LogP) is 29.7. The van der Waals surface area contributed by atoms with Crippen LogP contribution in [0.1, 0.15) is 5.56 Å². The molecule has 2 unspecified atom stereocenters. The van der Waals surface area contributed by atoms with E-state index in [4.69, 9.17) is 17.7 Å². The van der Waals surface area contributed by atoms with Gasteiger partial charge in [-0.1, -0.05) is 273 Å². The fourth-order valence-electron chi connectivity index (χ4n) is 19.1. The van der Waals surface area contributed by atoms with Gasteiger partial charge >= 0.3 is 0 Å². The Morgan fingerprint density at radius 1 is 0.204 bits per heavy atom. The van der Waals surface area contributed by atoms with Gasteiger partial charge in [-0.2, -0.15) is 0 Å². The number of rotatable bonds is 7. The fraction of sp³-hybridized carbons (Fsp3) is 0.0192. The van der Waals surface area contributed by atoms with Crippen molar-refractivity contribution >= 4 is 169 Å². The summed E-state index contributed by atoms with van der Waals surface area (Å²) in [5.41, 5.74) is 23.3. The summed E-state index contributed by atoms with van der Waals surface area (Å²) in [5, 5.41) is 25.1. The molecule has 0 aliphatic heterocycles. The average Bonchev–Trinajstić information content (AvgIpc) is 1.51. The molecule has 0 saturated heterocycles. The number of benzene rings is 18. The van der Waals surface area contributed by atoms with E-state index in [1.165, 1.54) is 87.4 Å². The quantitative estimate of drug-likeness (QED) is 0.149. The van der Waals surface area contributed by atoms with Crippen LogP contribution in [0.3, 0.4) is 0 Å². The second kappa shape index (κ2) is 22.7. The highest BCUT2D eigenvalue weighted by atomic mass is 16.3. The van der Waals surface area contributed by atoms with E-state index in [1.807, 2.05) is 6.07 Å². The van der Waals surface area contributed by atoms with E-state index in [0.29, 0.717) is 5.92 Å². The highest BCUT2D eigenvalue weighted by molar-refractivity contribution is 6.35. The Hall–Kier alpha value is -14.1. The average molecular weight is 1370 g/mol. The SMILES string of the molecule is C1=CC2C=CC=C(c3c4ccccc4c(-c4cccc(-c5ccc6oc7ccc8c(-c9cccc%10c(-c%11c%12ccccc%12c(-c%12cccc(-c%13ccc%14oc%15ccc%16ccc%17c%18ccccc%18oc%17c%16c%15c%14c%13)c%12)c%12ccccc%11%12)cccc9%10)cc9oc%10ccccc%10c9c8c7c6c5)c4)c4ccccc34)C2C=C1. The molecule has 0 spiro atoms. The minimum atomic E-state index is 0.270. The largest absolute Gasteiger partial charge is 0.456 e. The monoisotopic (exact) mass is 1370 g/mol. The molecule has 2 atom stereocenters. The van der Waals surface area contributed by atoms with Gasteiger partial charge < -0.3 is 17.7 Å². The first-order valence-corrected chi connectivity index (χ1v) is 37.3. The molecule has 0 amide bonds. The van der Waals surface area contributed by atoms with Crippen LogP contribution < -0.4 is 0 Å². The lowest BCUT2D eigenvalue weighted by Gasteiger charge is -2.29. The molecule has 4 heteroatoms.